The van der Waals surface area contributed by atoms with Gasteiger partial charge in [0.05, 0.1) is 29.1 Å². The monoisotopic (exact) mass is 602 g/mol. The van der Waals surface area contributed by atoms with E-state index in [1.54, 1.807) is 29.9 Å². The molecule has 2 atom stereocenters. The molecule has 1 fully saturated rings. The number of halogens is 4. The van der Waals surface area contributed by atoms with Crippen molar-refractivity contribution in [2.24, 2.45) is 11.3 Å². The maximum absolute atomic E-state index is 14.3. The number of carbonyl (C=O) groups is 1. The summed E-state index contributed by atoms with van der Waals surface area (Å²) in [6.07, 6.45) is -0.151. The Morgan fingerprint density at radius 2 is 1.86 bits per heavy atom. The number of ketones is 1. The highest BCUT2D eigenvalue weighted by atomic mass is 32.2. The second-order valence-corrected chi connectivity index (χ2v) is 12.5. The van der Waals surface area contributed by atoms with Crippen LogP contribution in [-0.2, 0) is 35.6 Å². The lowest BCUT2D eigenvalue weighted by Gasteiger charge is -2.49. The minimum Gasteiger partial charge on any atom is -0.292 e. The van der Waals surface area contributed by atoms with E-state index in [4.69, 9.17) is 0 Å². The van der Waals surface area contributed by atoms with Gasteiger partial charge in [0.1, 0.15) is 11.5 Å². The SMILES string of the molecule is CCn1nccc1S(=O)(=O)N1CC[C@H]2Cc3c(cnn3-c3ccc(F)cc3)C[C@]2(C(=O)c2cc(C(F)(F)F)ccn2)C1. The number of benzene rings is 1. The molecule has 4 aromatic rings. The van der Waals surface area contributed by atoms with E-state index in [-0.39, 0.29) is 36.7 Å². The molecule has 0 bridgehead atoms. The number of carbonyl (C=O) groups excluding carboxylic acids is 1. The highest BCUT2D eigenvalue weighted by Gasteiger charge is 2.55. The van der Waals surface area contributed by atoms with Crippen LogP contribution < -0.4 is 0 Å². The zero-order valence-corrected chi connectivity index (χ0v) is 23.2. The Hall–Kier alpha value is -3.91. The number of alkyl halides is 3. The highest BCUT2D eigenvalue weighted by Crippen LogP contribution is 2.48. The molecule has 1 aliphatic carbocycles. The van der Waals surface area contributed by atoms with Gasteiger partial charge in [0.15, 0.2) is 10.8 Å². The molecule has 9 nitrogen and oxygen atoms in total. The first-order valence-electron chi connectivity index (χ1n) is 13.4. The predicted molar refractivity (Wildman–Crippen MR) is 142 cm³/mol. The van der Waals surface area contributed by atoms with Crippen LogP contribution in [0.3, 0.4) is 0 Å². The van der Waals surface area contributed by atoms with Crippen LogP contribution >= 0.6 is 0 Å². The average Bonchev–Trinajstić information content (AvgIpc) is 3.62. The minimum atomic E-state index is -4.69. The molecule has 0 amide bonds. The molecule has 0 saturated carbocycles. The van der Waals surface area contributed by atoms with Crippen molar-refractivity contribution in [3.8, 4) is 5.69 Å². The number of aromatic nitrogens is 5. The molecule has 4 heterocycles. The molecule has 42 heavy (non-hydrogen) atoms. The van der Waals surface area contributed by atoms with Crippen molar-refractivity contribution in [1.29, 1.82) is 0 Å². The first kappa shape index (κ1) is 28.2. The second-order valence-electron chi connectivity index (χ2n) is 10.6. The molecule has 3 aromatic heterocycles. The molecule has 0 unspecified atom stereocenters. The van der Waals surface area contributed by atoms with Gasteiger partial charge in [0.2, 0.25) is 0 Å². The van der Waals surface area contributed by atoms with Gasteiger partial charge in [-0.2, -0.15) is 27.7 Å². The fourth-order valence-electron chi connectivity index (χ4n) is 6.19. The minimum absolute atomic E-state index is 0.0242. The van der Waals surface area contributed by atoms with Gasteiger partial charge in [-0.05, 0) is 80.1 Å². The van der Waals surface area contributed by atoms with Crippen molar-refractivity contribution < 1.29 is 30.8 Å². The lowest BCUT2D eigenvalue weighted by molar-refractivity contribution is -0.137. The smallest absolute Gasteiger partial charge is 0.292 e. The summed E-state index contributed by atoms with van der Waals surface area (Å²) in [7, 11) is -4.09. The van der Waals surface area contributed by atoms with Crippen LogP contribution in [0.4, 0.5) is 17.6 Å². The van der Waals surface area contributed by atoms with Crippen LogP contribution in [-0.4, -0.2) is 56.1 Å². The van der Waals surface area contributed by atoms with Gasteiger partial charge in [-0.1, -0.05) is 0 Å². The van der Waals surface area contributed by atoms with E-state index in [1.807, 2.05) is 0 Å². The van der Waals surface area contributed by atoms with Gasteiger partial charge in [-0.15, -0.1) is 0 Å². The van der Waals surface area contributed by atoms with Crippen LogP contribution in [0.2, 0.25) is 0 Å². The van der Waals surface area contributed by atoms with Crippen molar-refractivity contribution in [3.63, 3.8) is 0 Å². The summed E-state index contributed by atoms with van der Waals surface area (Å²) in [5.74, 6) is -1.48. The zero-order valence-electron chi connectivity index (χ0n) is 22.4. The van der Waals surface area contributed by atoms with Gasteiger partial charge in [-0.3, -0.25) is 14.5 Å². The van der Waals surface area contributed by atoms with E-state index in [2.05, 4.69) is 15.2 Å². The molecule has 2 aliphatic rings. The Kier molecular flexibility index (Phi) is 6.80. The number of pyridine rings is 1. The lowest BCUT2D eigenvalue weighted by Crippen LogP contribution is -2.58. The largest absolute Gasteiger partial charge is 0.416 e. The Labute approximate surface area is 238 Å². The van der Waals surface area contributed by atoms with Crippen molar-refractivity contribution in [1.82, 2.24) is 28.9 Å². The second kappa shape index (κ2) is 10.1. The molecular weight excluding hydrogens is 576 g/mol. The van der Waals surface area contributed by atoms with Crippen molar-refractivity contribution in [3.05, 3.63) is 89.4 Å². The van der Waals surface area contributed by atoms with Crippen molar-refractivity contribution in [2.45, 2.75) is 43.9 Å². The van der Waals surface area contributed by atoms with Gasteiger partial charge < -0.3 is 0 Å². The summed E-state index contributed by atoms with van der Waals surface area (Å²) >= 11 is 0. The van der Waals surface area contributed by atoms with E-state index in [0.29, 0.717) is 24.2 Å². The van der Waals surface area contributed by atoms with E-state index in [1.165, 1.54) is 33.4 Å². The summed E-state index contributed by atoms with van der Waals surface area (Å²) in [6.45, 7) is 1.92. The first-order chi connectivity index (χ1) is 19.9. The number of fused-ring (bicyclic) bond motifs is 2. The van der Waals surface area contributed by atoms with Crippen LogP contribution in [0.5, 0.6) is 0 Å². The van der Waals surface area contributed by atoms with Gasteiger partial charge >= 0.3 is 6.18 Å². The topological polar surface area (TPSA) is 103 Å². The molecular formula is C28H26F4N6O3S. The number of hydrogen-bond donors (Lipinski definition) is 0. The number of nitrogens with zero attached hydrogens (tertiary/aromatic N) is 6. The van der Waals surface area contributed by atoms with E-state index >= 15 is 0 Å². The Morgan fingerprint density at radius 1 is 1.10 bits per heavy atom. The third kappa shape index (κ3) is 4.62. The molecule has 14 heteroatoms. The molecule has 220 valence electrons. The number of piperidine rings is 1. The maximum atomic E-state index is 14.3. The lowest BCUT2D eigenvalue weighted by atomic mass is 9.60. The molecule has 6 rings (SSSR count). The molecule has 0 spiro atoms. The van der Waals surface area contributed by atoms with Gasteiger partial charge in [0.25, 0.3) is 10.0 Å². The number of Topliss-reactive ketones (excluding diaryl/α,β-unsaturated/α-hetero) is 1. The maximum Gasteiger partial charge on any atom is 0.416 e. The number of aryl methyl sites for hydroxylation is 1. The third-order valence-corrected chi connectivity index (χ3v) is 10.2. The highest BCUT2D eigenvalue weighted by molar-refractivity contribution is 7.89. The molecule has 1 aliphatic heterocycles. The van der Waals surface area contributed by atoms with Gasteiger partial charge in [-0.25, -0.2) is 17.5 Å². The predicted octanol–water partition coefficient (Wildman–Crippen LogP) is 4.32. The fraction of sp³-hybridized carbons (Fsp3) is 0.357. The Balaban J connectivity index is 1.45. The zero-order chi connectivity index (χ0) is 29.9. The first-order valence-corrected chi connectivity index (χ1v) is 14.8. The van der Waals surface area contributed by atoms with Crippen LogP contribution in [0, 0.1) is 17.2 Å². The standard InChI is InChI=1S/C28H26F4N6O3S/c1-2-37-25(8-11-34-37)42(40,41)36-12-9-19-14-24-18(16-35-38(24)22-5-3-21(29)4-6-22)15-27(19,17-36)26(39)23-13-20(7-10-33-23)28(30,31)32/h3-8,10-11,13,16,19H,2,9,12,14-15,17H2,1H3/t19-,27-/m0/s1. The van der Waals surface area contributed by atoms with Crippen molar-refractivity contribution >= 4 is 15.8 Å². The van der Waals surface area contributed by atoms with E-state index in [9.17, 15) is 30.8 Å². The summed E-state index contributed by atoms with van der Waals surface area (Å²) in [6, 6.07) is 8.68. The summed E-state index contributed by atoms with van der Waals surface area (Å²) in [5, 5.41) is 8.52. The average molecular weight is 603 g/mol. The Morgan fingerprint density at radius 3 is 2.57 bits per heavy atom. The molecule has 1 aromatic carbocycles. The third-order valence-electron chi connectivity index (χ3n) is 8.29. The number of rotatable bonds is 6. The van der Waals surface area contributed by atoms with Crippen molar-refractivity contribution in [2.75, 3.05) is 13.1 Å². The van der Waals surface area contributed by atoms with Gasteiger partial charge in [0, 0.05) is 31.5 Å². The summed E-state index contributed by atoms with van der Waals surface area (Å²) in [4.78, 5) is 18.3. The number of sulfonamides is 1. The van der Waals surface area contributed by atoms with E-state index < -0.39 is 44.7 Å². The Bertz CT molecular complexity index is 1770. The summed E-state index contributed by atoms with van der Waals surface area (Å²) < 4.78 is 86.1. The number of hydrogen-bond acceptors (Lipinski definition) is 6. The normalized spacial score (nSPS) is 21.1. The summed E-state index contributed by atoms with van der Waals surface area (Å²) in [5.41, 5.74) is -0.725. The molecule has 0 radical (unpaired) electrons. The van der Waals surface area contributed by atoms with Crippen LogP contribution in [0.15, 0.2) is 66.1 Å². The van der Waals surface area contributed by atoms with Crippen LogP contribution in [0.25, 0.3) is 5.69 Å². The van der Waals surface area contributed by atoms with Crippen LogP contribution in [0.1, 0.15) is 40.7 Å². The van der Waals surface area contributed by atoms with E-state index in [0.717, 1.165) is 24.0 Å². The quantitative estimate of drug-likeness (QED) is 0.241. The molecule has 0 N–H and O–H groups in total. The molecule has 1 saturated heterocycles. The fourth-order valence-corrected chi connectivity index (χ4v) is 7.87.